The van der Waals surface area contributed by atoms with Gasteiger partial charge >= 0.3 is 5.97 Å². The van der Waals surface area contributed by atoms with Gasteiger partial charge < -0.3 is 14.6 Å². The van der Waals surface area contributed by atoms with Gasteiger partial charge in [-0.1, -0.05) is 0 Å². The van der Waals surface area contributed by atoms with Crippen molar-refractivity contribution in [3.63, 3.8) is 0 Å². The van der Waals surface area contributed by atoms with Gasteiger partial charge in [-0.2, -0.15) is 0 Å². The minimum absolute atomic E-state index is 0.0458. The van der Waals surface area contributed by atoms with Crippen LogP contribution in [-0.2, 0) is 4.74 Å². The fourth-order valence-corrected chi connectivity index (χ4v) is 0.862. The van der Waals surface area contributed by atoms with E-state index in [2.05, 4.69) is 14.7 Å². The lowest BCUT2D eigenvalue weighted by Gasteiger charge is -2.04. The summed E-state index contributed by atoms with van der Waals surface area (Å²) in [6.07, 6.45) is 3.19. The molecular formula is C9H12N2O4. The predicted octanol–water partition coefficient (Wildman–Crippen LogP) is 0.0244. The van der Waals surface area contributed by atoms with Crippen LogP contribution < -0.4 is 4.74 Å². The Hall–Kier alpha value is -1.69. The zero-order valence-electron chi connectivity index (χ0n) is 8.34. The van der Waals surface area contributed by atoms with Gasteiger partial charge in [0.15, 0.2) is 5.69 Å². The first-order valence-corrected chi connectivity index (χ1v) is 4.42. The highest BCUT2D eigenvalue weighted by Gasteiger charge is 2.08. The lowest BCUT2D eigenvalue weighted by Crippen LogP contribution is -2.07. The van der Waals surface area contributed by atoms with Gasteiger partial charge in [-0.05, 0) is 0 Å². The molecule has 1 aromatic heterocycles. The van der Waals surface area contributed by atoms with Gasteiger partial charge in [-0.25, -0.2) is 9.78 Å². The van der Waals surface area contributed by atoms with Crippen molar-refractivity contribution in [3.8, 4) is 5.88 Å². The maximum absolute atomic E-state index is 11.1. The molecule has 15 heavy (non-hydrogen) atoms. The summed E-state index contributed by atoms with van der Waals surface area (Å²) in [7, 11) is 1.27. The predicted molar refractivity (Wildman–Crippen MR) is 50.6 cm³/mol. The van der Waals surface area contributed by atoms with Crippen LogP contribution in [0, 0.1) is 0 Å². The first-order valence-electron chi connectivity index (χ1n) is 4.42. The number of hydrogen-bond donors (Lipinski definition) is 1. The number of hydrogen-bond acceptors (Lipinski definition) is 6. The van der Waals surface area contributed by atoms with Crippen LogP contribution in [0.2, 0.25) is 0 Å². The number of rotatable bonds is 5. The van der Waals surface area contributed by atoms with Crippen LogP contribution in [0.3, 0.4) is 0 Å². The molecule has 0 atom stereocenters. The first kappa shape index (κ1) is 11.4. The van der Waals surface area contributed by atoms with Gasteiger partial charge in [0.25, 0.3) is 0 Å². The molecule has 0 aliphatic carbocycles. The third kappa shape index (κ3) is 3.51. The van der Waals surface area contributed by atoms with Crippen molar-refractivity contribution in [1.82, 2.24) is 9.97 Å². The first-order chi connectivity index (χ1) is 7.27. The minimum atomic E-state index is -0.560. The number of carbonyl (C=O) groups is 1. The van der Waals surface area contributed by atoms with Gasteiger partial charge in [0.05, 0.1) is 26.1 Å². The third-order valence-corrected chi connectivity index (χ3v) is 1.56. The maximum atomic E-state index is 11.1. The SMILES string of the molecule is COC(=O)c1cncc(OCCCO)n1. The molecule has 0 radical (unpaired) electrons. The van der Waals surface area contributed by atoms with Gasteiger partial charge in [0.2, 0.25) is 5.88 Å². The van der Waals surface area contributed by atoms with Crippen LogP contribution in [0.5, 0.6) is 5.88 Å². The second-order valence-corrected chi connectivity index (χ2v) is 2.66. The van der Waals surface area contributed by atoms with Crippen LogP contribution in [0.25, 0.3) is 0 Å². The highest BCUT2D eigenvalue weighted by Crippen LogP contribution is 2.06. The van der Waals surface area contributed by atoms with Gasteiger partial charge in [0.1, 0.15) is 0 Å². The van der Waals surface area contributed by atoms with E-state index in [0.717, 1.165) is 0 Å². The Morgan fingerprint density at radius 3 is 3.00 bits per heavy atom. The molecule has 0 aliphatic heterocycles. The van der Waals surface area contributed by atoms with Crippen LogP contribution in [0.4, 0.5) is 0 Å². The number of esters is 1. The summed E-state index contributed by atoms with van der Waals surface area (Å²) in [4.78, 5) is 18.7. The number of aromatic nitrogens is 2. The zero-order valence-corrected chi connectivity index (χ0v) is 8.34. The molecule has 0 saturated heterocycles. The molecule has 0 bridgehead atoms. The monoisotopic (exact) mass is 212 g/mol. The molecule has 0 saturated carbocycles. The Morgan fingerprint density at radius 2 is 2.33 bits per heavy atom. The summed E-state index contributed by atoms with van der Waals surface area (Å²) < 4.78 is 9.62. The topological polar surface area (TPSA) is 81.5 Å². The van der Waals surface area contributed by atoms with Crippen LogP contribution in [0.1, 0.15) is 16.9 Å². The van der Waals surface area contributed by atoms with Gasteiger partial charge in [-0.3, -0.25) is 4.98 Å². The standard InChI is InChI=1S/C9H12N2O4/c1-14-9(13)7-5-10-6-8(11-7)15-4-2-3-12/h5-6,12H,2-4H2,1H3. The molecule has 0 aliphatic rings. The van der Waals surface area contributed by atoms with E-state index in [0.29, 0.717) is 13.0 Å². The van der Waals surface area contributed by atoms with E-state index in [1.54, 1.807) is 0 Å². The maximum Gasteiger partial charge on any atom is 0.358 e. The highest BCUT2D eigenvalue weighted by atomic mass is 16.5. The molecule has 1 heterocycles. The molecule has 6 heteroatoms. The van der Waals surface area contributed by atoms with Gasteiger partial charge in [0, 0.05) is 13.0 Å². The van der Waals surface area contributed by atoms with E-state index in [1.165, 1.54) is 19.5 Å². The Balaban J connectivity index is 2.62. The fraction of sp³-hybridized carbons (Fsp3) is 0.444. The molecule has 0 unspecified atom stereocenters. The third-order valence-electron chi connectivity index (χ3n) is 1.56. The summed E-state index contributed by atoms with van der Waals surface area (Å²) in [6.45, 7) is 0.375. The number of aliphatic hydroxyl groups excluding tert-OH is 1. The molecule has 6 nitrogen and oxygen atoms in total. The second kappa shape index (κ2) is 5.92. The van der Waals surface area contributed by atoms with Crippen molar-refractivity contribution < 1.29 is 19.4 Å². The minimum Gasteiger partial charge on any atom is -0.476 e. The van der Waals surface area contributed by atoms with E-state index in [1.807, 2.05) is 0 Å². The zero-order chi connectivity index (χ0) is 11.1. The number of ether oxygens (including phenoxy) is 2. The van der Waals surface area contributed by atoms with E-state index in [4.69, 9.17) is 9.84 Å². The van der Waals surface area contributed by atoms with Crippen LogP contribution >= 0.6 is 0 Å². The van der Waals surface area contributed by atoms with E-state index in [9.17, 15) is 4.79 Å². The summed E-state index contributed by atoms with van der Waals surface area (Å²) in [5.41, 5.74) is 0.0963. The summed E-state index contributed by atoms with van der Waals surface area (Å²) in [5, 5.41) is 8.53. The smallest absolute Gasteiger partial charge is 0.358 e. The van der Waals surface area contributed by atoms with Crippen molar-refractivity contribution in [2.24, 2.45) is 0 Å². The van der Waals surface area contributed by atoms with Crippen molar-refractivity contribution in [3.05, 3.63) is 18.1 Å². The summed E-state index contributed by atoms with van der Waals surface area (Å²) in [6, 6.07) is 0. The molecule has 0 fully saturated rings. The number of carbonyl (C=O) groups excluding carboxylic acids is 1. The van der Waals surface area contributed by atoms with Crippen LogP contribution in [-0.4, -0.2) is 41.4 Å². The van der Waals surface area contributed by atoms with Crippen molar-refractivity contribution in [2.75, 3.05) is 20.3 Å². The lowest BCUT2D eigenvalue weighted by atomic mass is 10.4. The Labute approximate surface area is 86.9 Å². The van der Waals surface area contributed by atoms with Crippen molar-refractivity contribution >= 4 is 5.97 Å². The van der Waals surface area contributed by atoms with E-state index >= 15 is 0 Å². The second-order valence-electron chi connectivity index (χ2n) is 2.66. The summed E-state index contributed by atoms with van der Waals surface area (Å²) >= 11 is 0. The molecule has 82 valence electrons. The fourth-order valence-electron chi connectivity index (χ4n) is 0.862. The molecule has 1 N–H and O–H groups in total. The molecular weight excluding hydrogens is 200 g/mol. The van der Waals surface area contributed by atoms with E-state index in [-0.39, 0.29) is 18.2 Å². The molecule has 0 amide bonds. The average molecular weight is 212 g/mol. The molecule has 0 spiro atoms. The number of methoxy groups -OCH3 is 1. The van der Waals surface area contributed by atoms with Crippen molar-refractivity contribution in [1.29, 1.82) is 0 Å². The Kier molecular flexibility index (Phi) is 4.49. The number of aliphatic hydroxyl groups is 1. The largest absolute Gasteiger partial charge is 0.476 e. The Bertz CT molecular complexity index is 330. The highest BCUT2D eigenvalue weighted by molar-refractivity contribution is 5.86. The van der Waals surface area contributed by atoms with Crippen molar-refractivity contribution in [2.45, 2.75) is 6.42 Å². The quantitative estimate of drug-likeness (QED) is 0.547. The molecule has 0 aromatic carbocycles. The lowest BCUT2D eigenvalue weighted by molar-refractivity contribution is 0.0592. The number of nitrogens with zero attached hydrogens (tertiary/aromatic N) is 2. The van der Waals surface area contributed by atoms with Gasteiger partial charge in [-0.15, -0.1) is 0 Å². The molecule has 1 rings (SSSR count). The summed E-state index contributed by atoms with van der Waals surface area (Å²) in [5.74, 6) is -0.318. The Morgan fingerprint density at radius 1 is 1.53 bits per heavy atom. The normalized spacial score (nSPS) is 9.73. The van der Waals surface area contributed by atoms with E-state index < -0.39 is 5.97 Å². The molecule has 1 aromatic rings. The average Bonchev–Trinajstić information content (AvgIpc) is 2.29. The van der Waals surface area contributed by atoms with Crippen LogP contribution in [0.15, 0.2) is 12.4 Å².